The molecule has 11 heteroatoms. The second-order valence-electron chi connectivity index (χ2n) is 6.34. The molecule has 7 nitrogen and oxygen atoms in total. The molecule has 0 saturated heterocycles. The lowest BCUT2D eigenvalue weighted by atomic mass is 10.3. The van der Waals surface area contributed by atoms with E-state index >= 15 is 0 Å². The molecule has 162 valence electrons. The van der Waals surface area contributed by atoms with Gasteiger partial charge in [-0.15, -0.1) is 10.2 Å². The quantitative estimate of drug-likeness (QED) is 0.456. The number of nitrogens with zero attached hydrogens (tertiary/aromatic N) is 3. The van der Waals surface area contributed by atoms with Crippen molar-refractivity contribution in [2.75, 3.05) is 16.4 Å². The van der Waals surface area contributed by atoms with E-state index < -0.39 is 0 Å². The standard InChI is InChI=1S/C20H18Cl2FN5O2S/c1-2-28-17(10-18(29)24-13-5-3-12(23)4-6-13)26-27-20(28)31-11-19(30)25-14-7-8-15(21)16(22)9-14/h3-9H,2,10-11H2,1H3,(H,24,29)(H,25,30). The number of thioether (sulfide) groups is 1. The SMILES string of the molecule is CCn1c(CC(=O)Nc2ccc(F)cc2)nnc1SCC(=O)Nc1ccc(Cl)c(Cl)c1. The summed E-state index contributed by atoms with van der Waals surface area (Å²) >= 11 is 13.0. The number of rotatable bonds is 8. The number of hydrogen-bond donors (Lipinski definition) is 2. The first-order chi connectivity index (χ1) is 14.9. The van der Waals surface area contributed by atoms with Gasteiger partial charge in [0.1, 0.15) is 11.6 Å². The number of carbonyl (C=O) groups excluding carboxylic acids is 2. The van der Waals surface area contributed by atoms with Crippen LogP contribution in [0.1, 0.15) is 12.7 Å². The molecule has 3 aromatic rings. The van der Waals surface area contributed by atoms with E-state index in [1.807, 2.05) is 6.92 Å². The topological polar surface area (TPSA) is 88.9 Å². The molecule has 0 unspecified atom stereocenters. The van der Waals surface area contributed by atoms with Gasteiger partial charge in [-0.2, -0.15) is 0 Å². The van der Waals surface area contributed by atoms with Gasteiger partial charge in [-0.3, -0.25) is 9.59 Å². The number of carbonyl (C=O) groups is 2. The van der Waals surface area contributed by atoms with Gasteiger partial charge in [-0.25, -0.2) is 4.39 Å². The van der Waals surface area contributed by atoms with Gasteiger partial charge < -0.3 is 15.2 Å². The Balaban J connectivity index is 1.57. The minimum absolute atomic E-state index is 0.00571. The van der Waals surface area contributed by atoms with Gasteiger partial charge in [-0.1, -0.05) is 35.0 Å². The summed E-state index contributed by atoms with van der Waals surface area (Å²) < 4.78 is 14.7. The molecule has 0 aliphatic carbocycles. The fourth-order valence-electron chi connectivity index (χ4n) is 2.66. The van der Waals surface area contributed by atoms with E-state index in [9.17, 15) is 14.0 Å². The van der Waals surface area contributed by atoms with E-state index in [-0.39, 0.29) is 29.8 Å². The van der Waals surface area contributed by atoms with Crippen molar-refractivity contribution in [1.82, 2.24) is 14.8 Å². The Bertz CT molecular complexity index is 1090. The fraction of sp³-hybridized carbons (Fsp3) is 0.200. The fourth-order valence-corrected chi connectivity index (χ4v) is 3.78. The Morgan fingerprint density at radius 2 is 1.68 bits per heavy atom. The van der Waals surface area contributed by atoms with Crippen molar-refractivity contribution in [2.45, 2.75) is 25.0 Å². The molecule has 0 aliphatic rings. The molecule has 3 rings (SSSR count). The van der Waals surface area contributed by atoms with Crippen LogP contribution >= 0.6 is 35.0 Å². The molecular formula is C20H18Cl2FN5O2S. The van der Waals surface area contributed by atoms with Crippen molar-refractivity contribution >= 4 is 58.2 Å². The zero-order chi connectivity index (χ0) is 22.4. The van der Waals surface area contributed by atoms with Crippen LogP contribution < -0.4 is 10.6 Å². The van der Waals surface area contributed by atoms with Gasteiger partial charge in [0.2, 0.25) is 11.8 Å². The average molecular weight is 482 g/mol. The summed E-state index contributed by atoms with van der Waals surface area (Å²) in [6, 6.07) is 10.3. The predicted molar refractivity (Wildman–Crippen MR) is 120 cm³/mol. The third-order valence-electron chi connectivity index (χ3n) is 4.09. The van der Waals surface area contributed by atoms with Crippen molar-refractivity contribution in [3.63, 3.8) is 0 Å². The van der Waals surface area contributed by atoms with Gasteiger partial charge in [0, 0.05) is 17.9 Å². The van der Waals surface area contributed by atoms with Gasteiger partial charge in [-0.05, 0) is 49.4 Å². The van der Waals surface area contributed by atoms with Crippen molar-refractivity contribution in [2.24, 2.45) is 0 Å². The lowest BCUT2D eigenvalue weighted by molar-refractivity contribution is -0.116. The first kappa shape index (κ1) is 23.1. The number of halogens is 3. The Morgan fingerprint density at radius 1 is 1.00 bits per heavy atom. The van der Waals surface area contributed by atoms with E-state index in [1.54, 1.807) is 22.8 Å². The second kappa shape index (κ2) is 10.6. The zero-order valence-corrected chi connectivity index (χ0v) is 18.7. The molecule has 0 saturated carbocycles. The monoisotopic (exact) mass is 481 g/mol. The van der Waals surface area contributed by atoms with Gasteiger partial charge in [0.15, 0.2) is 5.16 Å². The van der Waals surface area contributed by atoms with Crippen molar-refractivity contribution in [1.29, 1.82) is 0 Å². The molecule has 2 aromatic carbocycles. The number of nitrogens with one attached hydrogen (secondary N) is 2. The van der Waals surface area contributed by atoms with Crippen LogP contribution in [0.15, 0.2) is 47.6 Å². The van der Waals surface area contributed by atoms with Crippen LogP contribution in [-0.2, 0) is 22.6 Å². The number of benzene rings is 2. The highest BCUT2D eigenvalue weighted by Gasteiger charge is 2.16. The number of hydrogen-bond acceptors (Lipinski definition) is 5. The van der Waals surface area contributed by atoms with Crippen molar-refractivity contribution in [3.05, 3.63) is 64.2 Å². The molecule has 31 heavy (non-hydrogen) atoms. The average Bonchev–Trinajstić information content (AvgIpc) is 3.12. The van der Waals surface area contributed by atoms with Crippen LogP contribution in [0, 0.1) is 5.82 Å². The molecule has 2 amide bonds. The molecule has 0 atom stereocenters. The molecule has 1 heterocycles. The highest BCUT2D eigenvalue weighted by molar-refractivity contribution is 7.99. The Labute approximate surface area is 192 Å². The number of amides is 2. The van der Waals surface area contributed by atoms with Crippen LogP contribution in [0.4, 0.5) is 15.8 Å². The largest absolute Gasteiger partial charge is 0.326 e. The Hall–Kier alpha value is -2.62. The first-order valence-corrected chi connectivity index (χ1v) is 10.9. The normalized spacial score (nSPS) is 10.7. The lowest BCUT2D eigenvalue weighted by Crippen LogP contribution is -2.18. The summed E-state index contributed by atoms with van der Waals surface area (Å²) in [6.07, 6.45) is -0.00571. The number of anilines is 2. The number of aromatic nitrogens is 3. The van der Waals surface area contributed by atoms with Gasteiger partial charge in [0.25, 0.3) is 0 Å². The van der Waals surface area contributed by atoms with E-state index in [2.05, 4.69) is 20.8 Å². The van der Waals surface area contributed by atoms with Crippen molar-refractivity contribution < 1.29 is 14.0 Å². The van der Waals surface area contributed by atoms with Crippen LogP contribution in [0.2, 0.25) is 10.0 Å². The molecule has 0 aliphatic heterocycles. The van der Waals surface area contributed by atoms with Gasteiger partial charge >= 0.3 is 0 Å². The summed E-state index contributed by atoms with van der Waals surface area (Å²) in [7, 11) is 0. The summed E-state index contributed by atoms with van der Waals surface area (Å²) in [5, 5.41) is 14.9. The van der Waals surface area contributed by atoms with E-state index in [0.717, 1.165) is 0 Å². The molecule has 0 radical (unpaired) electrons. The van der Waals surface area contributed by atoms with Gasteiger partial charge in [0.05, 0.1) is 22.2 Å². The third kappa shape index (κ3) is 6.43. The smallest absolute Gasteiger partial charge is 0.234 e. The first-order valence-electron chi connectivity index (χ1n) is 9.21. The second-order valence-corrected chi connectivity index (χ2v) is 8.10. The summed E-state index contributed by atoms with van der Waals surface area (Å²) in [5.41, 5.74) is 1.03. The molecule has 2 N–H and O–H groups in total. The van der Waals surface area contributed by atoms with E-state index in [1.165, 1.54) is 36.0 Å². The molecular weight excluding hydrogens is 464 g/mol. The van der Waals surface area contributed by atoms with Crippen LogP contribution in [0.25, 0.3) is 0 Å². The Kier molecular flexibility index (Phi) is 7.89. The van der Waals surface area contributed by atoms with Crippen molar-refractivity contribution in [3.8, 4) is 0 Å². The highest BCUT2D eigenvalue weighted by Crippen LogP contribution is 2.25. The van der Waals surface area contributed by atoms with E-state index in [4.69, 9.17) is 23.2 Å². The zero-order valence-electron chi connectivity index (χ0n) is 16.4. The summed E-state index contributed by atoms with van der Waals surface area (Å²) in [5.74, 6) is -0.365. The molecule has 0 fully saturated rings. The Morgan fingerprint density at radius 3 is 2.35 bits per heavy atom. The minimum Gasteiger partial charge on any atom is -0.326 e. The maximum atomic E-state index is 13.0. The predicted octanol–water partition coefficient (Wildman–Crippen LogP) is 4.66. The maximum Gasteiger partial charge on any atom is 0.234 e. The summed E-state index contributed by atoms with van der Waals surface area (Å²) in [4.78, 5) is 24.5. The van der Waals surface area contributed by atoms with E-state index in [0.29, 0.717) is 38.9 Å². The molecule has 0 bridgehead atoms. The van der Waals surface area contributed by atoms with Crippen LogP contribution in [-0.4, -0.2) is 32.3 Å². The van der Waals surface area contributed by atoms with Crippen LogP contribution in [0.3, 0.4) is 0 Å². The molecule has 1 aromatic heterocycles. The van der Waals surface area contributed by atoms with Crippen LogP contribution in [0.5, 0.6) is 0 Å². The minimum atomic E-state index is -0.381. The lowest BCUT2D eigenvalue weighted by Gasteiger charge is -2.09. The third-order valence-corrected chi connectivity index (χ3v) is 5.80. The maximum absolute atomic E-state index is 13.0. The molecule has 0 spiro atoms. The highest BCUT2D eigenvalue weighted by atomic mass is 35.5. The summed E-state index contributed by atoms with van der Waals surface area (Å²) in [6.45, 7) is 2.42.